The van der Waals surface area contributed by atoms with Crippen molar-refractivity contribution in [1.29, 1.82) is 0 Å². The average Bonchev–Trinajstić information content (AvgIpc) is 2.97. The lowest BCUT2D eigenvalue weighted by atomic mass is 9.94. The Balaban J connectivity index is 2.12. The number of methoxy groups -OCH3 is 1. The number of hydrogen-bond acceptors (Lipinski definition) is 7. The van der Waals surface area contributed by atoms with Crippen molar-refractivity contribution in [2.45, 2.75) is 45.1 Å². The molecule has 160 valence electrons. The Hall–Kier alpha value is -2.74. The van der Waals surface area contributed by atoms with Gasteiger partial charge in [-0.1, -0.05) is 30.5 Å². The maximum atomic E-state index is 13.0. The number of nitrogens with zero attached hydrogens (tertiary/aromatic N) is 2. The molecule has 0 bridgehead atoms. The minimum atomic E-state index is -0.656. The molecule has 2 unspecified atom stereocenters. The summed E-state index contributed by atoms with van der Waals surface area (Å²) in [6.45, 7) is 11.2. The predicted octanol–water partition coefficient (Wildman–Crippen LogP) is 3.86. The molecule has 1 aromatic rings. The Bertz CT molecular complexity index is 937. The molecule has 2 atom stereocenters. The molecular weight excluding hydrogens is 404 g/mol. The second kappa shape index (κ2) is 8.95. The molecule has 2 aliphatic rings. The molecule has 0 aliphatic carbocycles. The minimum absolute atomic E-state index is 0.1000. The van der Waals surface area contributed by atoms with E-state index < -0.39 is 12.0 Å². The van der Waals surface area contributed by atoms with E-state index >= 15 is 0 Å². The van der Waals surface area contributed by atoms with E-state index in [4.69, 9.17) is 14.2 Å². The Morgan fingerprint density at radius 1 is 1.37 bits per heavy atom. The summed E-state index contributed by atoms with van der Waals surface area (Å²) in [7, 11) is 1.54. The highest BCUT2D eigenvalue weighted by molar-refractivity contribution is 8.15. The third-order valence-corrected chi connectivity index (χ3v) is 5.73. The number of esters is 1. The van der Waals surface area contributed by atoms with Crippen LogP contribution in [0.1, 0.15) is 39.3 Å². The van der Waals surface area contributed by atoms with Gasteiger partial charge in [0.1, 0.15) is 6.61 Å². The van der Waals surface area contributed by atoms with Gasteiger partial charge in [-0.3, -0.25) is 9.69 Å². The smallest absolute Gasteiger partial charge is 0.338 e. The van der Waals surface area contributed by atoms with E-state index in [2.05, 4.69) is 11.6 Å². The van der Waals surface area contributed by atoms with Crippen LogP contribution in [0, 0.1) is 0 Å². The van der Waals surface area contributed by atoms with Gasteiger partial charge in [-0.05, 0) is 45.4 Å². The van der Waals surface area contributed by atoms with Crippen molar-refractivity contribution in [2.75, 3.05) is 13.7 Å². The lowest BCUT2D eigenvalue weighted by molar-refractivity contribution is -0.143. The molecule has 1 aromatic carbocycles. The Kier molecular flexibility index (Phi) is 6.55. The van der Waals surface area contributed by atoms with Crippen LogP contribution >= 0.6 is 11.8 Å². The van der Waals surface area contributed by atoms with Gasteiger partial charge in [0, 0.05) is 0 Å². The van der Waals surface area contributed by atoms with Crippen molar-refractivity contribution in [3.63, 3.8) is 0 Å². The van der Waals surface area contributed by atoms with Crippen molar-refractivity contribution < 1.29 is 23.8 Å². The van der Waals surface area contributed by atoms with E-state index in [1.54, 1.807) is 51.0 Å². The molecule has 7 nitrogen and oxygen atoms in total. The lowest BCUT2D eigenvalue weighted by Crippen LogP contribution is -2.40. The van der Waals surface area contributed by atoms with Crippen LogP contribution in [0.5, 0.6) is 11.5 Å². The number of carbonyl (C=O) groups is 2. The SMILES string of the molecule is C=CCOc1ccc(C2C(C(=O)OC(C)C)=C(C)N=C3SC(C)C(=O)N32)cc1OC. The fourth-order valence-electron chi connectivity index (χ4n) is 3.38. The van der Waals surface area contributed by atoms with Gasteiger partial charge >= 0.3 is 5.97 Å². The van der Waals surface area contributed by atoms with Crippen molar-refractivity contribution in [3.05, 3.63) is 47.7 Å². The number of amidine groups is 1. The van der Waals surface area contributed by atoms with Crippen LogP contribution in [0.25, 0.3) is 0 Å². The van der Waals surface area contributed by atoms with E-state index in [0.717, 1.165) is 0 Å². The van der Waals surface area contributed by atoms with Gasteiger partial charge in [0.15, 0.2) is 16.7 Å². The number of aliphatic imine (C=N–C) groups is 1. The summed E-state index contributed by atoms with van der Waals surface area (Å²) in [4.78, 5) is 32.1. The Labute approximate surface area is 180 Å². The minimum Gasteiger partial charge on any atom is -0.493 e. The number of ether oxygens (including phenoxy) is 3. The first-order chi connectivity index (χ1) is 14.3. The van der Waals surface area contributed by atoms with Crippen LogP contribution in [0.4, 0.5) is 0 Å². The number of allylic oxidation sites excluding steroid dienone is 1. The van der Waals surface area contributed by atoms with Crippen molar-refractivity contribution >= 4 is 28.8 Å². The molecule has 1 saturated heterocycles. The van der Waals surface area contributed by atoms with E-state index in [0.29, 0.717) is 40.1 Å². The second-order valence-electron chi connectivity index (χ2n) is 7.23. The summed E-state index contributed by atoms with van der Waals surface area (Å²) < 4.78 is 16.6. The fraction of sp³-hybridized carbons (Fsp3) is 0.409. The van der Waals surface area contributed by atoms with Crippen LogP contribution in [0.15, 0.2) is 47.1 Å². The monoisotopic (exact) mass is 430 g/mol. The van der Waals surface area contributed by atoms with Crippen molar-refractivity contribution in [3.8, 4) is 11.5 Å². The number of benzene rings is 1. The molecule has 0 radical (unpaired) electrons. The molecule has 3 rings (SSSR count). The summed E-state index contributed by atoms with van der Waals surface area (Å²) in [5.74, 6) is 0.462. The zero-order chi connectivity index (χ0) is 22.0. The molecule has 2 heterocycles. The zero-order valence-corrected chi connectivity index (χ0v) is 18.6. The Morgan fingerprint density at radius 3 is 2.73 bits per heavy atom. The van der Waals surface area contributed by atoms with Gasteiger partial charge in [-0.2, -0.15) is 0 Å². The molecule has 1 amide bonds. The van der Waals surface area contributed by atoms with Gasteiger partial charge in [-0.15, -0.1) is 0 Å². The van der Waals surface area contributed by atoms with Crippen LogP contribution in [0.3, 0.4) is 0 Å². The number of fused-ring (bicyclic) bond motifs is 1. The first kappa shape index (κ1) is 22.0. The van der Waals surface area contributed by atoms with E-state index in [1.165, 1.54) is 11.8 Å². The number of carbonyl (C=O) groups excluding carboxylic acids is 2. The number of rotatable bonds is 7. The highest BCUT2D eigenvalue weighted by atomic mass is 32.2. The maximum absolute atomic E-state index is 13.0. The van der Waals surface area contributed by atoms with E-state index in [-0.39, 0.29) is 17.3 Å². The Morgan fingerprint density at radius 2 is 2.10 bits per heavy atom. The van der Waals surface area contributed by atoms with Crippen molar-refractivity contribution in [2.24, 2.45) is 4.99 Å². The van der Waals surface area contributed by atoms with Gasteiger partial charge < -0.3 is 14.2 Å². The zero-order valence-electron chi connectivity index (χ0n) is 17.8. The molecule has 0 N–H and O–H groups in total. The standard InChI is InChI=1S/C22H26N2O5S/c1-7-10-28-16-9-8-15(11-17(16)27-6)19-18(21(26)29-12(2)3)13(4)23-22-24(19)20(25)14(5)30-22/h7-9,11-12,14,19H,1,10H2,2-6H3. The molecule has 30 heavy (non-hydrogen) atoms. The normalized spacial score (nSPS) is 20.8. The third kappa shape index (κ3) is 4.09. The predicted molar refractivity (Wildman–Crippen MR) is 117 cm³/mol. The molecule has 0 saturated carbocycles. The summed E-state index contributed by atoms with van der Waals surface area (Å²) in [5.41, 5.74) is 1.60. The quantitative estimate of drug-likeness (QED) is 0.483. The topological polar surface area (TPSA) is 77.4 Å². The molecule has 0 aromatic heterocycles. The molecule has 8 heteroatoms. The van der Waals surface area contributed by atoms with Gasteiger partial charge in [0.25, 0.3) is 0 Å². The van der Waals surface area contributed by atoms with Crippen LogP contribution in [0.2, 0.25) is 0 Å². The highest BCUT2D eigenvalue weighted by Gasteiger charge is 2.46. The fourth-order valence-corrected chi connectivity index (χ4v) is 4.41. The molecular formula is C22H26N2O5S. The molecule has 1 fully saturated rings. The second-order valence-corrected chi connectivity index (χ2v) is 8.54. The number of thioether (sulfide) groups is 1. The van der Waals surface area contributed by atoms with Crippen molar-refractivity contribution in [1.82, 2.24) is 4.90 Å². The summed E-state index contributed by atoms with van der Waals surface area (Å²) in [6, 6.07) is 4.71. The van der Waals surface area contributed by atoms with E-state index in [1.807, 2.05) is 13.0 Å². The van der Waals surface area contributed by atoms with E-state index in [9.17, 15) is 9.59 Å². The third-order valence-electron chi connectivity index (χ3n) is 4.68. The van der Waals surface area contributed by atoms with Gasteiger partial charge in [-0.25, -0.2) is 9.79 Å². The molecule has 0 spiro atoms. The molecule has 2 aliphatic heterocycles. The number of amides is 1. The van der Waals surface area contributed by atoms with Crippen LogP contribution in [-0.4, -0.2) is 47.0 Å². The first-order valence-electron chi connectivity index (χ1n) is 9.70. The van der Waals surface area contributed by atoms with Gasteiger partial charge in [0.2, 0.25) is 5.91 Å². The number of hydrogen-bond donors (Lipinski definition) is 0. The highest BCUT2D eigenvalue weighted by Crippen LogP contribution is 2.44. The largest absolute Gasteiger partial charge is 0.493 e. The lowest BCUT2D eigenvalue weighted by Gasteiger charge is -2.33. The van der Waals surface area contributed by atoms with Gasteiger partial charge in [0.05, 0.1) is 35.8 Å². The van der Waals surface area contributed by atoms with Crippen LogP contribution in [-0.2, 0) is 14.3 Å². The summed E-state index contributed by atoms with van der Waals surface area (Å²) >= 11 is 1.38. The maximum Gasteiger partial charge on any atom is 0.338 e. The summed E-state index contributed by atoms with van der Waals surface area (Å²) in [6.07, 6.45) is 1.35. The van der Waals surface area contributed by atoms with Crippen LogP contribution < -0.4 is 9.47 Å². The average molecular weight is 431 g/mol. The first-order valence-corrected chi connectivity index (χ1v) is 10.6. The summed E-state index contributed by atoms with van der Waals surface area (Å²) in [5, 5.41) is 0.304.